The zero-order chi connectivity index (χ0) is 24.8. The molecule has 178 valence electrons. The molecule has 0 bridgehead atoms. The maximum atomic E-state index is 5.52. The topological polar surface area (TPSA) is 106 Å². The summed E-state index contributed by atoms with van der Waals surface area (Å²) in [4.78, 5) is 17.9. The molecule has 0 aliphatic heterocycles. The number of ether oxygens (including phenoxy) is 2. The summed E-state index contributed by atoms with van der Waals surface area (Å²) >= 11 is 5.52. The third kappa shape index (κ3) is 6.18. The van der Waals surface area contributed by atoms with Gasteiger partial charge < -0.3 is 20.1 Å². The number of nitrogens with zero attached hydrogens (tertiary/aromatic N) is 4. The first-order valence-electron chi connectivity index (χ1n) is 10.8. The molecule has 0 radical (unpaired) electrons. The van der Waals surface area contributed by atoms with E-state index in [9.17, 15) is 0 Å². The van der Waals surface area contributed by atoms with Crippen molar-refractivity contribution in [1.82, 2.24) is 15.0 Å². The van der Waals surface area contributed by atoms with Crippen molar-refractivity contribution >= 4 is 51.5 Å². The Kier molecular flexibility index (Phi) is 7.32. The molecule has 0 spiro atoms. The lowest BCUT2D eigenvalue weighted by molar-refractivity contribution is 0.395. The van der Waals surface area contributed by atoms with E-state index in [4.69, 9.17) is 21.7 Å². The van der Waals surface area contributed by atoms with Gasteiger partial charge >= 0.3 is 0 Å². The van der Waals surface area contributed by atoms with E-state index in [1.165, 1.54) is 0 Å². The Hall–Kier alpha value is -4.31. The van der Waals surface area contributed by atoms with E-state index in [2.05, 4.69) is 35.9 Å². The van der Waals surface area contributed by atoms with Crippen molar-refractivity contribution < 1.29 is 9.47 Å². The number of guanidine groups is 1. The molecule has 0 saturated carbocycles. The highest BCUT2D eigenvalue weighted by molar-refractivity contribution is 7.80. The van der Waals surface area contributed by atoms with Gasteiger partial charge in [-0.2, -0.15) is 4.99 Å². The maximum Gasteiger partial charge on any atom is 0.229 e. The Balaban J connectivity index is 1.63. The molecule has 0 fully saturated rings. The lowest BCUT2D eigenvalue weighted by atomic mass is 10.2. The van der Waals surface area contributed by atoms with Crippen molar-refractivity contribution in [2.45, 2.75) is 13.8 Å². The third-order valence-electron chi connectivity index (χ3n) is 4.93. The summed E-state index contributed by atoms with van der Waals surface area (Å²) in [6.07, 6.45) is 1.73. The number of hydrogen-bond acceptors (Lipinski definition) is 6. The molecule has 0 aliphatic carbocycles. The van der Waals surface area contributed by atoms with Crippen molar-refractivity contribution in [2.75, 3.05) is 30.2 Å². The van der Waals surface area contributed by atoms with E-state index >= 15 is 0 Å². The van der Waals surface area contributed by atoms with Gasteiger partial charge in [0.05, 0.1) is 37.3 Å². The molecule has 0 aliphatic rings. The van der Waals surface area contributed by atoms with Crippen LogP contribution in [0, 0.1) is 13.8 Å². The Morgan fingerprint density at radius 1 is 0.886 bits per heavy atom. The molecular formula is C25H25N7O2S. The number of anilines is 3. The summed E-state index contributed by atoms with van der Waals surface area (Å²) in [6, 6.07) is 17.1. The molecule has 2 heterocycles. The van der Waals surface area contributed by atoms with E-state index in [0.29, 0.717) is 29.1 Å². The van der Waals surface area contributed by atoms with E-state index < -0.39 is 0 Å². The number of benzene rings is 2. The number of aromatic nitrogens is 3. The summed E-state index contributed by atoms with van der Waals surface area (Å²) in [5.41, 5.74) is 3.93. The SMILES string of the molecule is COc1ccc(NC(=S)/N=C(/Nc2cnc3ccccc3c2)Nc2nc(C)cc(C)n2)c(OC)c1. The highest BCUT2D eigenvalue weighted by Crippen LogP contribution is 2.29. The van der Waals surface area contributed by atoms with Crippen LogP contribution in [0.15, 0.2) is 65.8 Å². The van der Waals surface area contributed by atoms with E-state index in [-0.39, 0.29) is 5.11 Å². The first-order valence-corrected chi connectivity index (χ1v) is 11.2. The van der Waals surface area contributed by atoms with Crippen molar-refractivity contribution in [3.63, 3.8) is 0 Å². The zero-order valence-electron chi connectivity index (χ0n) is 19.8. The molecule has 35 heavy (non-hydrogen) atoms. The van der Waals surface area contributed by atoms with Gasteiger partial charge in [0.2, 0.25) is 17.0 Å². The molecule has 9 nitrogen and oxygen atoms in total. The first kappa shape index (κ1) is 23.8. The molecule has 10 heteroatoms. The number of nitrogens with one attached hydrogen (secondary N) is 3. The van der Waals surface area contributed by atoms with Gasteiger partial charge in [-0.25, -0.2) is 9.97 Å². The average Bonchev–Trinajstić information content (AvgIpc) is 2.83. The predicted molar refractivity (Wildman–Crippen MR) is 144 cm³/mol. The van der Waals surface area contributed by atoms with Crippen LogP contribution in [0.3, 0.4) is 0 Å². The first-order chi connectivity index (χ1) is 16.9. The molecule has 0 unspecified atom stereocenters. The minimum Gasteiger partial charge on any atom is -0.497 e. The van der Waals surface area contributed by atoms with Gasteiger partial charge in [-0.05, 0) is 56.4 Å². The number of aryl methyl sites for hydroxylation is 2. The molecule has 2 aromatic heterocycles. The second-order valence-corrected chi connectivity index (χ2v) is 7.98. The molecule has 0 atom stereocenters. The van der Waals surface area contributed by atoms with Gasteiger partial charge in [-0.1, -0.05) is 18.2 Å². The largest absolute Gasteiger partial charge is 0.497 e. The Bertz CT molecular complexity index is 1390. The van der Waals surface area contributed by atoms with E-state index in [1.807, 2.05) is 50.2 Å². The third-order valence-corrected chi connectivity index (χ3v) is 5.12. The number of methoxy groups -OCH3 is 2. The standard InChI is InChI=1S/C25H25N7O2S/c1-15-11-16(2)28-23(27-15)31-24(29-18-12-17-7-5-6-8-20(17)26-14-18)32-25(35)30-21-10-9-19(33-3)13-22(21)34-4/h5-14H,1-4H3,(H3,27,28,29,30,31,32,35). The summed E-state index contributed by atoms with van der Waals surface area (Å²) in [7, 11) is 3.17. The fraction of sp³-hybridized carbons (Fsp3) is 0.160. The quantitative estimate of drug-likeness (QED) is 0.205. The van der Waals surface area contributed by atoms with Gasteiger partial charge in [0.25, 0.3) is 0 Å². The van der Waals surface area contributed by atoms with Crippen LogP contribution in [0.5, 0.6) is 11.5 Å². The van der Waals surface area contributed by atoms with Gasteiger partial charge in [-0.3, -0.25) is 10.3 Å². The number of para-hydroxylation sites is 1. The second kappa shape index (κ2) is 10.7. The summed E-state index contributed by atoms with van der Waals surface area (Å²) in [5, 5.41) is 10.6. The molecule has 0 amide bonds. The van der Waals surface area contributed by atoms with Crippen LogP contribution in [0.4, 0.5) is 17.3 Å². The summed E-state index contributed by atoms with van der Waals surface area (Å²) in [6.45, 7) is 3.80. The molecular weight excluding hydrogens is 462 g/mol. The lowest BCUT2D eigenvalue weighted by Crippen LogP contribution is -2.26. The number of rotatable bonds is 5. The number of fused-ring (bicyclic) bond motifs is 1. The maximum absolute atomic E-state index is 5.52. The van der Waals surface area contributed by atoms with Crippen molar-refractivity contribution in [3.05, 3.63) is 72.2 Å². The fourth-order valence-corrected chi connectivity index (χ4v) is 3.60. The van der Waals surface area contributed by atoms with E-state index in [1.54, 1.807) is 38.6 Å². The van der Waals surface area contributed by atoms with Crippen LogP contribution in [0.2, 0.25) is 0 Å². The number of hydrogen-bond donors (Lipinski definition) is 3. The van der Waals surface area contributed by atoms with E-state index in [0.717, 1.165) is 28.0 Å². The zero-order valence-corrected chi connectivity index (χ0v) is 20.6. The number of pyridine rings is 1. The van der Waals surface area contributed by atoms with Crippen molar-refractivity contribution in [1.29, 1.82) is 0 Å². The smallest absolute Gasteiger partial charge is 0.229 e. The summed E-state index contributed by atoms with van der Waals surface area (Å²) < 4.78 is 10.7. The van der Waals surface area contributed by atoms with Gasteiger partial charge in [0.15, 0.2) is 0 Å². The minimum atomic E-state index is 0.196. The Labute approximate surface area is 208 Å². The monoisotopic (exact) mass is 487 g/mol. The normalized spacial score (nSPS) is 11.1. The fourth-order valence-electron chi connectivity index (χ4n) is 3.40. The minimum absolute atomic E-state index is 0.196. The Morgan fingerprint density at radius 3 is 2.40 bits per heavy atom. The second-order valence-electron chi connectivity index (χ2n) is 7.60. The predicted octanol–water partition coefficient (Wildman–Crippen LogP) is 4.94. The van der Waals surface area contributed by atoms with Crippen LogP contribution in [0.1, 0.15) is 11.4 Å². The van der Waals surface area contributed by atoms with Gasteiger partial charge in [0, 0.05) is 22.8 Å². The highest BCUT2D eigenvalue weighted by atomic mass is 32.1. The summed E-state index contributed by atoms with van der Waals surface area (Å²) in [5.74, 6) is 1.96. The molecule has 2 aromatic carbocycles. The highest BCUT2D eigenvalue weighted by Gasteiger charge is 2.10. The van der Waals surface area contributed by atoms with Crippen molar-refractivity contribution in [2.24, 2.45) is 4.99 Å². The molecule has 3 N–H and O–H groups in total. The average molecular weight is 488 g/mol. The number of thiocarbonyl (C=S) groups is 1. The van der Waals surface area contributed by atoms with Gasteiger partial charge in [0.1, 0.15) is 11.5 Å². The molecule has 0 saturated heterocycles. The van der Waals surface area contributed by atoms with Crippen LogP contribution in [-0.4, -0.2) is 40.2 Å². The van der Waals surface area contributed by atoms with Crippen LogP contribution < -0.4 is 25.4 Å². The van der Waals surface area contributed by atoms with Crippen LogP contribution >= 0.6 is 12.2 Å². The van der Waals surface area contributed by atoms with Gasteiger partial charge in [-0.15, -0.1) is 0 Å². The van der Waals surface area contributed by atoms with Crippen LogP contribution in [-0.2, 0) is 0 Å². The van der Waals surface area contributed by atoms with Crippen LogP contribution in [0.25, 0.3) is 10.9 Å². The van der Waals surface area contributed by atoms with Crippen molar-refractivity contribution in [3.8, 4) is 11.5 Å². The lowest BCUT2D eigenvalue weighted by Gasteiger charge is -2.14. The Morgan fingerprint density at radius 2 is 1.66 bits per heavy atom. The molecule has 4 aromatic rings. The molecule has 4 rings (SSSR count). The number of aliphatic imine (C=N–C) groups is 1.